The molecule has 268 valence electrons. The Hall–Kier alpha value is -7.70. The predicted molar refractivity (Wildman–Crippen MR) is 232 cm³/mol. The number of fused-ring (bicyclic) bond motifs is 7. The lowest BCUT2D eigenvalue weighted by molar-refractivity contribution is 0.868. The van der Waals surface area contributed by atoms with Gasteiger partial charge >= 0.3 is 0 Å². The van der Waals surface area contributed by atoms with Crippen LogP contribution in [0.2, 0.25) is 0 Å². The standard InChI is InChI=1S/C51H34N6/c1-4-15-35(16-5-1)43-23-14-24-44(52-43)36-29-27-34(28-30-36)33-56-45-25-12-10-21-39(45)41-31-32-42-40-22-11-13-26-46(40)57(48(42)47(41)56)51-54-49(37-17-6-2-7-18-37)53-50(55-51)38-19-8-3-9-20-38/h1-32H,33H2. The van der Waals surface area contributed by atoms with Gasteiger partial charge < -0.3 is 4.57 Å². The van der Waals surface area contributed by atoms with Gasteiger partial charge in [0.25, 0.3) is 0 Å². The van der Waals surface area contributed by atoms with Gasteiger partial charge in [-0.15, -0.1) is 0 Å². The molecular formula is C51H34N6. The van der Waals surface area contributed by atoms with Crippen LogP contribution in [0.15, 0.2) is 194 Å². The molecule has 4 heterocycles. The van der Waals surface area contributed by atoms with E-state index in [1.807, 2.05) is 42.5 Å². The number of pyridine rings is 1. The van der Waals surface area contributed by atoms with Crippen molar-refractivity contribution in [3.8, 4) is 51.2 Å². The summed E-state index contributed by atoms with van der Waals surface area (Å²) in [4.78, 5) is 20.5. The zero-order chi connectivity index (χ0) is 37.7. The molecule has 0 bridgehead atoms. The van der Waals surface area contributed by atoms with Crippen molar-refractivity contribution in [2.45, 2.75) is 6.54 Å². The molecule has 0 amide bonds. The molecule has 0 radical (unpaired) electrons. The van der Waals surface area contributed by atoms with E-state index in [0.29, 0.717) is 24.1 Å². The Morgan fingerprint density at radius 2 is 0.825 bits per heavy atom. The third kappa shape index (κ3) is 5.66. The number of para-hydroxylation sites is 2. The van der Waals surface area contributed by atoms with Crippen LogP contribution in [0.25, 0.3) is 94.9 Å². The molecule has 4 aromatic heterocycles. The third-order valence-corrected chi connectivity index (χ3v) is 10.9. The number of rotatable bonds is 7. The van der Waals surface area contributed by atoms with Gasteiger partial charge in [0.1, 0.15) is 0 Å². The van der Waals surface area contributed by atoms with Crippen molar-refractivity contribution in [1.82, 2.24) is 29.1 Å². The Kier molecular flexibility index (Phi) is 7.78. The van der Waals surface area contributed by atoms with E-state index in [0.717, 1.165) is 61.0 Å². The molecule has 0 aliphatic rings. The smallest absolute Gasteiger partial charge is 0.238 e. The highest BCUT2D eigenvalue weighted by molar-refractivity contribution is 6.23. The minimum Gasteiger partial charge on any atom is -0.334 e. The zero-order valence-electron chi connectivity index (χ0n) is 30.9. The highest BCUT2D eigenvalue weighted by Crippen LogP contribution is 2.40. The van der Waals surface area contributed by atoms with E-state index in [9.17, 15) is 0 Å². The van der Waals surface area contributed by atoms with Crippen LogP contribution in [0, 0.1) is 0 Å². The minimum absolute atomic E-state index is 0.577. The van der Waals surface area contributed by atoms with Crippen molar-refractivity contribution in [3.05, 3.63) is 200 Å². The van der Waals surface area contributed by atoms with Crippen molar-refractivity contribution in [3.63, 3.8) is 0 Å². The lowest BCUT2D eigenvalue weighted by Gasteiger charge is -2.13. The molecule has 6 nitrogen and oxygen atoms in total. The van der Waals surface area contributed by atoms with Crippen LogP contribution in [0.4, 0.5) is 0 Å². The van der Waals surface area contributed by atoms with Gasteiger partial charge in [0.2, 0.25) is 5.95 Å². The van der Waals surface area contributed by atoms with E-state index >= 15 is 0 Å². The summed E-state index contributed by atoms with van der Waals surface area (Å²) in [5, 5.41) is 4.67. The molecule has 0 aliphatic carbocycles. The molecule has 11 aromatic rings. The number of hydrogen-bond acceptors (Lipinski definition) is 4. The van der Waals surface area contributed by atoms with Gasteiger partial charge in [-0.3, -0.25) is 4.57 Å². The number of aromatic nitrogens is 6. The van der Waals surface area contributed by atoms with Crippen molar-refractivity contribution in [2.24, 2.45) is 0 Å². The molecule has 0 saturated carbocycles. The number of hydrogen-bond donors (Lipinski definition) is 0. The van der Waals surface area contributed by atoms with Crippen molar-refractivity contribution >= 4 is 43.6 Å². The molecular weight excluding hydrogens is 697 g/mol. The molecule has 0 N–H and O–H groups in total. The number of benzene rings is 7. The Morgan fingerprint density at radius 1 is 0.333 bits per heavy atom. The maximum atomic E-state index is 5.24. The molecule has 0 unspecified atom stereocenters. The molecule has 0 saturated heterocycles. The zero-order valence-corrected chi connectivity index (χ0v) is 30.9. The summed E-state index contributed by atoms with van der Waals surface area (Å²) in [6.07, 6.45) is 0. The van der Waals surface area contributed by atoms with E-state index < -0.39 is 0 Å². The third-order valence-electron chi connectivity index (χ3n) is 10.9. The van der Waals surface area contributed by atoms with E-state index in [1.165, 1.54) is 21.9 Å². The summed E-state index contributed by atoms with van der Waals surface area (Å²) < 4.78 is 4.71. The van der Waals surface area contributed by atoms with Crippen molar-refractivity contribution in [2.75, 3.05) is 0 Å². The molecule has 57 heavy (non-hydrogen) atoms. The second-order valence-corrected chi connectivity index (χ2v) is 14.3. The molecule has 6 heteroatoms. The monoisotopic (exact) mass is 730 g/mol. The van der Waals surface area contributed by atoms with E-state index in [-0.39, 0.29) is 0 Å². The van der Waals surface area contributed by atoms with Gasteiger partial charge in [0.05, 0.1) is 27.9 Å². The highest BCUT2D eigenvalue weighted by Gasteiger charge is 2.23. The normalized spacial score (nSPS) is 11.6. The van der Waals surface area contributed by atoms with Crippen LogP contribution in [-0.2, 0) is 6.54 Å². The summed E-state index contributed by atoms with van der Waals surface area (Å²) in [7, 11) is 0. The van der Waals surface area contributed by atoms with E-state index in [1.54, 1.807) is 0 Å². The van der Waals surface area contributed by atoms with Gasteiger partial charge in [0.15, 0.2) is 11.6 Å². The fraction of sp³-hybridized carbons (Fsp3) is 0.0196. The molecule has 0 atom stereocenters. The molecule has 0 fully saturated rings. The van der Waals surface area contributed by atoms with Crippen LogP contribution in [0.3, 0.4) is 0 Å². The molecule has 0 spiro atoms. The Bertz CT molecular complexity index is 3180. The van der Waals surface area contributed by atoms with Gasteiger partial charge in [-0.25, -0.2) is 9.97 Å². The number of nitrogens with zero attached hydrogens (tertiary/aromatic N) is 6. The summed E-state index contributed by atoms with van der Waals surface area (Å²) >= 11 is 0. The van der Waals surface area contributed by atoms with Gasteiger partial charge in [0, 0.05) is 55.9 Å². The maximum Gasteiger partial charge on any atom is 0.238 e. The molecule has 0 aliphatic heterocycles. The average Bonchev–Trinajstić information content (AvgIpc) is 3.80. The van der Waals surface area contributed by atoms with Crippen LogP contribution in [-0.4, -0.2) is 29.1 Å². The largest absolute Gasteiger partial charge is 0.334 e. The fourth-order valence-electron chi connectivity index (χ4n) is 8.19. The highest BCUT2D eigenvalue weighted by atomic mass is 15.2. The average molecular weight is 731 g/mol. The summed E-state index contributed by atoms with van der Waals surface area (Å²) in [5.41, 5.74) is 11.6. The summed E-state index contributed by atoms with van der Waals surface area (Å²) in [6, 6.07) is 67.5. The van der Waals surface area contributed by atoms with Crippen LogP contribution in [0.1, 0.15) is 5.56 Å². The fourth-order valence-corrected chi connectivity index (χ4v) is 8.19. The molecule has 7 aromatic carbocycles. The van der Waals surface area contributed by atoms with Crippen LogP contribution in [0.5, 0.6) is 0 Å². The second kappa shape index (κ2) is 13.6. The van der Waals surface area contributed by atoms with E-state index in [4.69, 9.17) is 19.9 Å². The quantitative estimate of drug-likeness (QED) is 0.164. The lowest BCUT2D eigenvalue weighted by atomic mass is 10.1. The first-order chi connectivity index (χ1) is 28.3. The predicted octanol–water partition coefficient (Wildman–Crippen LogP) is 12.2. The summed E-state index contributed by atoms with van der Waals surface area (Å²) in [6.45, 7) is 0.671. The maximum absolute atomic E-state index is 5.24. The Balaban J connectivity index is 1.12. The minimum atomic E-state index is 0.577. The van der Waals surface area contributed by atoms with Gasteiger partial charge in [-0.1, -0.05) is 170 Å². The topological polar surface area (TPSA) is 61.4 Å². The SMILES string of the molecule is c1ccc(-c2cccc(-c3ccc(Cn4c5ccccc5c5ccc6c7ccccc7n(-c7nc(-c8ccccc8)nc(-c8ccccc8)n7)c6c54)cc3)n2)cc1. The summed E-state index contributed by atoms with van der Waals surface area (Å²) in [5.74, 6) is 1.83. The molecule has 11 rings (SSSR count). The van der Waals surface area contributed by atoms with Crippen molar-refractivity contribution in [1.29, 1.82) is 0 Å². The van der Waals surface area contributed by atoms with Crippen LogP contribution < -0.4 is 0 Å². The lowest BCUT2D eigenvalue weighted by Crippen LogP contribution is -2.07. The van der Waals surface area contributed by atoms with Gasteiger partial charge in [-0.05, 0) is 29.8 Å². The van der Waals surface area contributed by atoms with E-state index in [2.05, 4.69) is 161 Å². The van der Waals surface area contributed by atoms with Crippen LogP contribution >= 0.6 is 0 Å². The Morgan fingerprint density at radius 3 is 1.44 bits per heavy atom. The first-order valence-electron chi connectivity index (χ1n) is 19.2. The first-order valence-corrected chi connectivity index (χ1v) is 19.2. The second-order valence-electron chi connectivity index (χ2n) is 14.3. The first kappa shape index (κ1) is 32.7. The van der Waals surface area contributed by atoms with Gasteiger partial charge in [-0.2, -0.15) is 9.97 Å². The Labute approximate surface area is 329 Å². The van der Waals surface area contributed by atoms with Crippen molar-refractivity contribution < 1.29 is 0 Å².